The SMILES string of the molecule is CC[C@H](C)NC(=S)NC(=O)c1ccco1. The molecule has 0 spiro atoms. The molecule has 0 aromatic carbocycles. The molecule has 0 unspecified atom stereocenters. The minimum absolute atomic E-state index is 0.245. The maximum absolute atomic E-state index is 11.5. The van der Waals surface area contributed by atoms with Crippen LogP contribution < -0.4 is 10.6 Å². The fourth-order valence-corrected chi connectivity index (χ4v) is 1.23. The van der Waals surface area contributed by atoms with E-state index in [1.807, 2.05) is 13.8 Å². The summed E-state index contributed by atoms with van der Waals surface area (Å²) in [4.78, 5) is 11.5. The number of carbonyl (C=O) groups excluding carboxylic acids is 1. The Morgan fingerprint density at radius 3 is 2.93 bits per heavy atom. The van der Waals surface area contributed by atoms with Crippen LogP contribution in [0.2, 0.25) is 0 Å². The number of rotatable bonds is 3. The van der Waals surface area contributed by atoms with Crippen LogP contribution in [0.15, 0.2) is 22.8 Å². The molecule has 0 aliphatic carbocycles. The molecule has 0 saturated heterocycles. The van der Waals surface area contributed by atoms with Gasteiger partial charge in [0.05, 0.1) is 6.26 Å². The highest BCUT2D eigenvalue weighted by atomic mass is 32.1. The monoisotopic (exact) mass is 226 g/mol. The first-order chi connectivity index (χ1) is 7.13. The molecular weight excluding hydrogens is 212 g/mol. The molecule has 0 bridgehead atoms. The van der Waals surface area contributed by atoms with Crippen LogP contribution in [0, 0.1) is 0 Å². The quantitative estimate of drug-likeness (QED) is 0.770. The lowest BCUT2D eigenvalue weighted by atomic mass is 10.3. The van der Waals surface area contributed by atoms with Crippen molar-refractivity contribution < 1.29 is 9.21 Å². The Morgan fingerprint density at radius 1 is 1.67 bits per heavy atom. The molecule has 0 aliphatic rings. The van der Waals surface area contributed by atoms with Gasteiger partial charge in [-0.25, -0.2) is 0 Å². The van der Waals surface area contributed by atoms with Crippen LogP contribution in [-0.2, 0) is 0 Å². The average Bonchev–Trinajstić information content (AvgIpc) is 2.70. The van der Waals surface area contributed by atoms with Gasteiger partial charge in [-0.05, 0) is 37.7 Å². The Bertz CT molecular complexity index is 335. The van der Waals surface area contributed by atoms with E-state index in [4.69, 9.17) is 16.6 Å². The molecule has 1 heterocycles. The highest BCUT2D eigenvalue weighted by Crippen LogP contribution is 1.99. The summed E-state index contributed by atoms with van der Waals surface area (Å²) in [7, 11) is 0. The van der Waals surface area contributed by atoms with Crippen LogP contribution in [0.1, 0.15) is 30.8 Å². The van der Waals surface area contributed by atoms with Crippen molar-refractivity contribution in [3.8, 4) is 0 Å². The largest absolute Gasteiger partial charge is 0.459 e. The molecule has 1 atom stereocenters. The molecule has 1 aromatic heterocycles. The number of furan rings is 1. The fourth-order valence-electron chi connectivity index (χ4n) is 0.934. The third-order valence-corrected chi connectivity index (χ3v) is 2.18. The highest BCUT2D eigenvalue weighted by molar-refractivity contribution is 7.80. The van der Waals surface area contributed by atoms with Crippen molar-refractivity contribution in [2.75, 3.05) is 0 Å². The Kier molecular flexibility index (Phi) is 4.30. The van der Waals surface area contributed by atoms with E-state index >= 15 is 0 Å². The molecule has 1 rings (SSSR count). The van der Waals surface area contributed by atoms with Crippen molar-refractivity contribution >= 4 is 23.2 Å². The predicted molar refractivity (Wildman–Crippen MR) is 61.7 cm³/mol. The molecule has 0 aliphatic heterocycles. The molecule has 2 N–H and O–H groups in total. The van der Waals surface area contributed by atoms with Crippen molar-refractivity contribution in [2.24, 2.45) is 0 Å². The molecule has 0 radical (unpaired) electrons. The van der Waals surface area contributed by atoms with Crippen LogP contribution in [-0.4, -0.2) is 17.1 Å². The van der Waals surface area contributed by atoms with E-state index in [0.29, 0.717) is 5.11 Å². The van der Waals surface area contributed by atoms with Crippen LogP contribution in [0.5, 0.6) is 0 Å². The Morgan fingerprint density at radius 2 is 2.40 bits per heavy atom. The molecule has 4 nitrogen and oxygen atoms in total. The summed E-state index contributed by atoms with van der Waals surface area (Å²) in [5.74, 6) is -0.0795. The van der Waals surface area contributed by atoms with E-state index in [1.54, 1.807) is 12.1 Å². The van der Waals surface area contributed by atoms with E-state index in [9.17, 15) is 4.79 Å². The Labute approximate surface area is 94.0 Å². The predicted octanol–water partition coefficient (Wildman–Crippen LogP) is 1.68. The summed E-state index contributed by atoms with van der Waals surface area (Å²) in [6.07, 6.45) is 2.39. The van der Waals surface area contributed by atoms with Crippen LogP contribution in [0.3, 0.4) is 0 Å². The van der Waals surface area contributed by atoms with Gasteiger partial charge in [0.1, 0.15) is 0 Å². The van der Waals surface area contributed by atoms with Crippen LogP contribution >= 0.6 is 12.2 Å². The zero-order chi connectivity index (χ0) is 11.3. The van der Waals surface area contributed by atoms with Crippen molar-refractivity contribution in [1.29, 1.82) is 0 Å². The Hall–Kier alpha value is -1.36. The second-order valence-corrected chi connectivity index (χ2v) is 3.62. The van der Waals surface area contributed by atoms with Gasteiger partial charge >= 0.3 is 0 Å². The molecule has 15 heavy (non-hydrogen) atoms. The van der Waals surface area contributed by atoms with Crippen molar-refractivity contribution in [3.63, 3.8) is 0 Å². The van der Waals surface area contributed by atoms with Gasteiger partial charge in [-0.1, -0.05) is 6.92 Å². The molecule has 5 heteroatoms. The smallest absolute Gasteiger partial charge is 0.293 e. The minimum Gasteiger partial charge on any atom is -0.459 e. The van der Waals surface area contributed by atoms with Crippen LogP contribution in [0.4, 0.5) is 0 Å². The number of hydrogen-bond acceptors (Lipinski definition) is 3. The summed E-state index contributed by atoms with van der Waals surface area (Å²) in [6, 6.07) is 3.48. The van der Waals surface area contributed by atoms with Gasteiger partial charge in [-0.15, -0.1) is 0 Å². The number of carbonyl (C=O) groups is 1. The van der Waals surface area contributed by atoms with E-state index in [0.717, 1.165) is 6.42 Å². The Balaban J connectivity index is 2.42. The summed E-state index contributed by atoms with van der Waals surface area (Å²) in [6.45, 7) is 4.03. The van der Waals surface area contributed by atoms with Gasteiger partial charge in [0.25, 0.3) is 5.91 Å². The van der Waals surface area contributed by atoms with Gasteiger partial charge in [-0.2, -0.15) is 0 Å². The van der Waals surface area contributed by atoms with E-state index in [-0.39, 0.29) is 17.7 Å². The minimum atomic E-state index is -0.333. The second kappa shape index (κ2) is 5.50. The highest BCUT2D eigenvalue weighted by Gasteiger charge is 2.10. The first kappa shape index (κ1) is 11.7. The first-order valence-corrected chi connectivity index (χ1v) is 5.19. The van der Waals surface area contributed by atoms with Gasteiger partial charge in [0, 0.05) is 6.04 Å². The summed E-state index contributed by atoms with van der Waals surface area (Å²) >= 11 is 4.96. The lowest BCUT2D eigenvalue weighted by Gasteiger charge is -2.13. The van der Waals surface area contributed by atoms with Crippen LogP contribution in [0.25, 0.3) is 0 Å². The fraction of sp³-hybridized carbons (Fsp3) is 0.400. The third-order valence-electron chi connectivity index (χ3n) is 1.96. The topological polar surface area (TPSA) is 54.3 Å². The molecule has 82 valence electrons. The van der Waals surface area contributed by atoms with E-state index in [1.165, 1.54) is 6.26 Å². The molecular formula is C10H14N2O2S. The zero-order valence-corrected chi connectivity index (χ0v) is 9.56. The molecule has 0 saturated carbocycles. The molecule has 1 aromatic rings. The molecule has 1 amide bonds. The summed E-state index contributed by atoms with van der Waals surface area (Å²) < 4.78 is 4.93. The average molecular weight is 226 g/mol. The van der Waals surface area contributed by atoms with Crippen molar-refractivity contribution in [2.45, 2.75) is 26.3 Å². The maximum atomic E-state index is 11.5. The number of hydrogen-bond donors (Lipinski definition) is 2. The third kappa shape index (κ3) is 3.71. The van der Waals surface area contributed by atoms with Gasteiger partial charge in [0.2, 0.25) is 0 Å². The number of nitrogens with one attached hydrogen (secondary N) is 2. The first-order valence-electron chi connectivity index (χ1n) is 4.78. The summed E-state index contributed by atoms with van der Waals surface area (Å²) in [5.41, 5.74) is 0. The lowest BCUT2D eigenvalue weighted by molar-refractivity contribution is 0.0949. The van der Waals surface area contributed by atoms with Gasteiger partial charge in [-0.3, -0.25) is 10.1 Å². The van der Waals surface area contributed by atoms with Crippen molar-refractivity contribution in [1.82, 2.24) is 10.6 Å². The normalized spacial score (nSPS) is 11.9. The van der Waals surface area contributed by atoms with E-state index in [2.05, 4.69) is 10.6 Å². The zero-order valence-electron chi connectivity index (χ0n) is 8.74. The number of amides is 1. The summed E-state index contributed by atoms with van der Waals surface area (Å²) in [5, 5.41) is 5.84. The lowest BCUT2D eigenvalue weighted by Crippen LogP contribution is -2.42. The van der Waals surface area contributed by atoms with Gasteiger partial charge in [0.15, 0.2) is 10.9 Å². The maximum Gasteiger partial charge on any atom is 0.293 e. The van der Waals surface area contributed by atoms with Crippen molar-refractivity contribution in [3.05, 3.63) is 24.2 Å². The van der Waals surface area contributed by atoms with Gasteiger partial charge < -0.3 is 9.73 Å². The number of thiocarbonyl (C=S) groups is 1. The molecule has 0 fully saturated rings. The second-order valence-electron chi connectivity index (χ2n) is 3.21. The standard InChI is InChI=1S/C10H14N2O2S/c1-3-7(2)11-10(15)12-9(13)8-5-4-6-14-8/h4-7H,3H2,1-2H3,(H2,11,12,13,15)/t7-/m0/s1. The van der Waals surface area contributed by atoms with E-state index < -0.39 is 0 Å².